The van der Waals surface area contributed by atoms with Crippen LogP contribution in [0.15, 0.2) is 33.5 Å². The average Bonchev–Trinajstić information content (AvgIpc) is 3.09. The Morgan fingerprint density at radius 3 is 2.76 bits per heavy atom. The van der Waals surface area contributed by atoms with Crippen molar-refractivity contribution in [1.82, 2.24) is 15.1 Å². The van der Waals surface area contributed by atoms with Crippen molar-refractivity contribution in [2.24, 2.45) is 0 Å². The van der Waals surface area contributed by atoms with E-state index in [-0.39, 0.29) is 0 Å². The van der Waals surface area contributed by atoms with Crippen molar-refractivity contribution in [2.45, 2.75) is 20.3 Å². The predicted octanol–water partition coefficient (Wildman–Crippen LogP) is 2.94. The fourth-order valence-electron chi connectivity index (χ4n) is 2.09. The van der Waals surface area contributed by atoms with Gasteiger partial charge in [-0.1, -0.05) is 11.2 Å². The quantitative estimate of drug-likeness (QED) is 0.733. The minimum absolute atomic E-state index is 0.422. The number of benzene rings is 1. The number of ether oxygens (including phenoxy) is 1. The Morgan fingerprint density at radius 1 is 1.24 bits per heavy atom. The molecule has 6 nitrogen and oxygen atoms in total. The van der Waals surface area contributed by atoms with Crippen LogP contribution < -0.4 is 4.74 Å². The maximum atomic E-state index is 5.28. The second-order valence-electron chi connectivity index (χ2n) is 4.75. The summed E-state index contributed by atoms with van der Waals surface area (Å²) >= 11 is 0. The van der Waals surface area contributed by atoms with Gasteiger partial charge in [0, 0.05) is 0 Å². The lowest BCUT2D eigenvalue weighted by molar-refractivity contribution is 0.384. The summed E-state index contributed by atoms with van der Waals surface area (Å²) in [5.41, 5.74) is 2.97. The summed E-state index contributed by atoms with van der Waals surface area (Å²) in [7, 11) is 1.65. The number of aryl methyl sites for hydroxylation is 2. The van der Waals surface area contributed by atoms with E-state index in [1.54, 1.807) is 7.11 Å². The Bertz CT molecular complexity index is 761. The number of hydrogen-bond donors (Lipinski definition) is 0. The Kier molecular flexibility index (Phi) is 3.43. The highest BCUT2D eigenvalue weighted by molar-refractivity contribution is 5.48. The van der Waals surface area contributed by atoms with Gasteiger partial charge in [0.15, 0.2) is 12.2 Å². The highest BCUT2D eigenvalue weighted by Crippen LogP contribution is 2.22. The van der Waals surface area contributed by atoms with Crippen LogP contribution in [0.4, 0.5) is 0 Å². The molecule has 1 aromatic carbocycles. The molecule has 0 spiro atoms. The SMILES string of the molecule is COc1ccc(Cc2nc(-c3ocnc3C)no2)c(C)c1. The lowest BCUT2D eigenvalue weighted by Gasteiger charge is -2.05. The summed E-state index contributed by atoms with van der Waals surface area (Å²) in [4.78, 5) is 8.37. The van der Waals surface area contributed by atoms with E-state index in [1.807, 2.05) is 32.0 Å². The van der Waals surface area contributed by atoms with Gasteiger partial charge < -0.3 is 13.7 Å². The molecule has 108 valence electrons. The molecule has 3 aromatic rings. The predicted molar refractivity (Wildman–Crippen MR) is 75.1 cm³/mol. The molecule has 0 amide bonds. The van der Waals surface area contributed by atoms with Crippen molar-refractivity contribution in [3.8, 4) is 17.3 Å². The maximum Gasteiger partial charge on any atom is 0.240 e. The Hall–Kier alpha value is -2.63. The van der Waals surface area contributed by atoms with Crippen LogP contribution >= 0.6 is 0 Å². The molecule has 0 aliphatic heterocycles. The van der Waals surface area contributed by atoms with Crippen LogP contribution in [0, 0.1) is 13.8 Å². The number of hydrogen-bond acceptors (Lipinski definition) is 6. The monoisotopic (exact) mass is 285 g/mol. The molecule has 0 radical (unpaired) electrons. The van der Waals surface area contributed by atoms with E-state index in [2.05, 4.69) is 15.1 Å². The van der Waals surface area contributed by atoms with Crippen LogP contribution in [0.3, 0.4) is 0 Å². The first-order valence-corrected chi connectivity index (χ1v) is 6.54. The molecule has 0 saturated carbocycles. The lowest BCUT2D eigenvalue weighted by atomic mass is 10.1. The molecule has 0 atom stereocenters. The van der Waals surface area contributed by atoms with E-state index in [4.69, 9.17) is 13.7 Å². The first kappa shape index (κ1) is 13.4. The van der Waals surface area contributed by atoms with Gasteiger partial charge in [-0.3, -0.25) is 0 Å². The number of methoxy groups -OCH3 is 1. The van der Waals surface area contributed by atoms with E-state index < -0.39 is 0 Å². The third-order valence-electron chi connectivity index (χ3n) is 3.31. The normalized spacial score (nSPS) is 10.8. The molecule has 0 N–H and O–H groups in total. The van der Waals surface area contributed by atoms with Crippen molar-refractivity contribution >= 4 is 0 Å². The van der Waals surface area contributed by atoms with E-state index in [0.29, 0.717) is 23.9 Å². The highest BCUT2D eigenvalue weighted by Gasteiger charge is 2.15. The minimum Gasteiger partial charge on any atom is -0.497 e. The standard InChI is InChI=1S/C15H15N3O3/c1-9-6-12(19-3)5-4-11(9)7-13-17-15(18-21-13)14-10(2)16-8-20-14/h4-6,8H,7H2,1-3H3. The van der Waals surface area contributed by atoms with Gasteiger partial charge in [-0.2, -0.15) is 4.98 Å². The molecule has 0 aliphatic carbocycles. The van der Waals surface area contributed by atoms with Crippen LogP contribution in [0.5, 0.6) is 5.75 Å². The van der Waals surface area contributed by atoms with Crippen molar-refractivity contribution in [3.63, 3.8) is 0 Å². The van der Waals surface area contributed by atoms with Gasteiger partial charge in [0.2, 0.25) is 11.7 Å². The second kappa shape index (κ2) is 5.40. The third kappa shape index (κ3) is 2.65. The Morgan fingerprint density at radius 2 is 2.10 bits per heavy atom. The van der Waals surface area contributed by atoms with Gasteiger partial charge in [0.25, 0.3) is 0 Å². The summed E-state index contributed by atoms with van der Waals surface area (Å²) in [6.45, 7) is 3.86. The van der Waals surface area contributed by atoms with Crippen molar-refractivity contribution in [1.29, 1.82) is 0 Å². The van der Waals surface area contributed by atoms with Gasteiger partial charge in [-0.05, 0) is 37.1 Å². The van der Waals surface area contributed by atoms with Crippen LogP contribution in [0.2, 0.25) is 0 Å². The van der Waals surface area contributed by atoms with Gasteiger partial charge in [0.05, 0.1) is 19.2 Å². The zero-order valence-corrected chi connectivity index (χ0v) is 12.1. The number of nitrogens with zero attached hydrogens (tertiary/aromatic N) is 3. The summed E-state index contributed by atoms with van der Waals surface area (Å²) in [5.74, 6) is 2.33. The molecule has 3 rings (SSSR count). The Balaban J connectivity index is 1.83. The number of oxazole rings is 1. The number of rotatable bonds is 4. The molecule has 0 bridgehead atoms. The zero-order valence-electron chi connectivity index (χ0n) is 12.1. The van der Waals surface area contributed by atoms with Gasteiger partial charge in [0.1, 0.15) is 5.75 Å². The molecule has 0 unspecified atom stereocenters. The first-order valence-electron chi connectivity index (χ1n) is 6.54. The summed E-state index contributed by atoms with van der Waals surface area (Å²) < 4.78 is 15.7. The van der Waals surface area contributed by atoms with Crippen LogP contribution in [-0.4, -0.2) is 22.2 Å². The molecular weight excluding hydrogens is 270 g/mol. The molecule has 0 saturated heterocycles. The molecule has 0 aliphatic rings. The molecular formula is C15H15N3O3. The average molecular weight is 285 g/mol. The van der Waals surface area contributed by atoms with Crippen LogP contribution in [0.1, 0.15) is 22.7 Å². The Labute approximate surface area is 121 Å². The van der Waals surface area contributed by atoms with Crippen molar-refractivity contribution in [2.75, 3.05) is 7.11 Å². The maximum absolute atomic E-state index is 5.28. The van der Waals surface area contributed by atoms with Gasteiger partial charge in [-0.25, -0.2) is 4.98 Å². The molecule has 21 heavy (non-hydrogen) atoms. The first-order chi connectivity index (χ1) is 10.2. The van der Waals surface area contributed by atoms with Crippen LogP contribution in [0.25, 0.3) is 11.6 Å². The van der Waals surface area contributed by atoms with E-state index in [1.165, 1.54) is 6.39 Å². The molecule has 0 fully saturated rings. The third-order valence-corrected chi connectivity index (χ3v) is 3.31. The van der Waals surface area contributed by atoms with E-state index in [9.17, 15) is 0 Å². The van der Waals surface area contributed by atoms with Crippen LogP contribution in [-0.2, 0) is 6.42 Å². The van der Waals surface area contributed by atoms with E-state index in [0.717, 1.165) is 22.6 Å². The topological polar surface area (TPSA) is 74.2 Å². The summed E-state index contributed by atoms with van der Waals surface area (Å²) in [5, 5.41) is 3.93. The fourth-order valence-corrected chi connectivity index (χ4v) is 2.09. The van der Waals surface area contributed by atoms with Gasteiger partial charge >= 0.3 is 0 Å². The summed E-state index contributed by atoms with van der Waals surface area (Å²) in [6, 6.07) is 5.89. The van der Waals surface area contributed by atoms with Crippen molar-refractivity contribution < 1.29 is 13.7 Å². The number of aromatic nitrogens is 3. The molecule has 6 heteroatoms. The molecule has 2 aromatic heterocycles. The van der Waals surface area contributed by atoms with Crippen molar-refractivity contribution in [3.05, 3.63) is 47.3 Å². The lowest BCUT2D eigenvalue weighted by Crippen LogP contribution is -1.93. The smallest absolute Gasteiger partial charge is 0.240 e. The minimum atomic E-state index is 0.422. The second-order valence-corrected chi connectivity index (χ2v) is 4.75. The largest absolute Gasteiger partial charge is 0.497 e. The van der Waals surface area contributed by atoms with Gasteiger partial charge in [-0.15, -0.1) is 0 Å². The summed E-state index contributed by atoms with van der Waals surface area (Å²) in [6.07, 6.45) is 1.93. The highest BCUT2D eigenvalue weighted by atomic mass is 16.5. The fraction of sp³-hybridized carbons (Fsp3) is 0.267. The zero-order chi connectivity index (χ0) is 14.8. The van der Waals surface area contributed by atoms with E-state index >= 15 is 0 Å². The molecule has 2 heterocycles.